The van der Waals surface area contributed by atoms with Crippen LogP contribution in [0.1, 0.15) is 33.5 Å². The first-order valence-corrected chi connectivity index (χ1v) is 11.4. The van der Waals surface area contributed by atoms with Crippen molar-refractivity contribution in [3.63, 3.8) is 0 Å². The van der Waals surface area contributed by atoms with Crippen LogP contribution in [0.3, 0.4) is 0 Å². The zero-order valence-electron chi connectivity index (χ0n) is 18.5. The Morgan fingerprint density at radius 1 is 1.03 bits per heavy atom. The summed E-state index contributed by atoms with van der Waals surface area (Å²) in [4.78, 5) is 19.4. The molecule has 0 unspecified atom stereocenters. The smallest absolute Gasteiger partial charge is 0.406 e. The molecule has 0 atom stereocenters. The molecule has 0 N–H and O–H groups in total. The Morgan fingerprint density at radius 2 is 1.73 bits per heavy atom. The van der Waals surface area contributed by atoms with Crippen LogP contribution < -0.4 is 4.74 Å². The van der Waals surface area contributed by atoms with E-state index in [1.54, 1.807) is 4.90 Å². The number of alkyl halides is 3. The first-order chi connectivity index (χ1) is 15.7. The molecule has 5 nitrogen and oxygen atoms in total. The number of ether oxygens (including phenoxy) is 1. The second kappa shape index (κ2) is 9.91. The van der Waals surface area contributed by atoms with Crippen molar-refractivity contribution in [1.29, 1.82) is 0 Å². The normalized spacial score (nSPS) is 17.5. The fourth-order valence-electron chi connectivity index (χ4n) is 4.39. The number of fused-ring (bicyclic) bond motifs is 1. The van der Waals surface area contributed by atoms with Gasteiger partial charge >= 0.3 is 6.36 Å². The van der Waals surface area contributed by atoms with Gasteiger partial charge in [-0.2, -0.15) is 0 Å². The number of likely N-dealkylation sites (N-methyl/N-ethyl adjacent to an activating group) is 1. The molecular weight excluding hydrogens is 455 g/mol. The highest BCUT2D eigenvalue weighted by Gasteiger charge is 2.32. The van der Waals surface area contributed by atoms with E-state index in [2.05, 4.69) is 27.7 Å². The highest BCUT2D eigenvalue weighted by molar-refractivity contribution is 6.34. The summed E-state index contributed by atoms with van der Waals surface area (Å²) in [7, 11) is 2.14. The Hall–Kier alpha value is -2.29. The monoisotopic (exact) mass is 481 g/mol. The topological polar surface area (TPSA) is 36.0 Å². The summed E-state index contributed by atoms with van der Waals surface area (Å²) >= 11 is 6.48. The van der Waals surface area contributed by atoms with Crippen molar-refractivity contribution in [2.24, 2.45) is 0 Å². The number of hydrogen-bond acceptors (Lipinski definition) is 4. The number of benzene rings is 2. The summed E-state index contributed by atoms with van der Waals surface area (Å²) in [5, 5.41) is 0.462. The van der Waals surface area contributed by atoms with Gasteiger partial charge in [0, 0.05) is 39.3 Å². The van der Waals surface area contributed by atoms with E-state index in [1.807, 2.05) is 6.07 Å². The largest absolute Gasteiger partial charge is 0.573 e. The fraction of sp³-hybridized carbons (Fsp3) is 0.458. The molecule has 0 aromatic heterocycles. The minimum atomic E-state index is -4.73. The maximum absolute atomic E-state index is 12.9. The van der Waals surface area contributed by atoms with Gasteiger partial charge in [0.25, 0.3) is 5.91 Å². The van der Waals surface area contributed by atoms with Gasteiger partial charge in [0.15, 0.2) is 0 Å². The van der Waals surface area contributed by atoms with Crippen LogP contribution in [-0.2, 0) is 19.5 Å². The Bertz CT molecular complexity index is 990. The van der Waals surface area contributed by atoms with Gasteiger partial charge in [0.1, 0.15) is 5.75 Å². The SMILES string of the molecule is CN1CCN(CCCc2cc(Cl)c3c(c2)CN(Cc2ccc(OC(F)(F)F)cc2)C3=O)CC1. The lowest BCUT2D eigenvalue weighted by Gasteiger charge is -2.32. The Labute approximate surface area is 196 Å². The quantitative estimate of drug-likeness (QED) is 0.580. The minimum Gasteiger partial charge on any atom is -0.406 e. The molecule has 2 heterocycles. The molecule has 0 radical (unpaired) electrons. The molecule has 1 saturated heterocycles. The summed E-state index contributed by atoms with van der Waals surface area (Å²) in [6.45, 7) is 6.14. The summed E-state index contributed by atoms with van der Waals surface area (Å²) in [5.74, 6) is -0.443. The van der Waals surface area contributed by atoms with E-state index in [-0.39, 0.29) is 18.2 Å². The molecule has 1 fully saturated rings. The molecule has 4 rings (SSSR count). The van der Waals surface area contributed by atoms with E-state index in [0.717, 1.165) is 56.7 Å². The van der Waals surface area contributed by atoms with Crippen LogP contribution in [0.15, 0.2) is 36.4 Å². The molecule has 0 spiro atoms. The van der Waals surface area contributed by atoms with E-state index in [4.69, 9.17) is 11.6 Å². The van der Waals surface area contributed by atoms with Gasteiger partial charge in [0.05, 0.1) is 10.6 Å². The Morgan fingerprint density at radius 3 is 2.39 bits per heavy atom. The summed E-state index contributed by atoms with van der Waals surface area (Å²) in [6.07, 6.45) is -2.80. The number of carbonyl (C=O) groups excluding carboxylic acids is 1. The van der Waals surface area contributed by atoms with Crippen LogP contribution in [0, 0.1) is 0 Å². The van der Waals surface area contributed by atoms with Gasteiger partial charge in [0.2, 0.25) is 0 Å². The fourth-order valence-corrected chi connectivity index (χ4v) is 4.74. The van der Waals surface area contributed by atoms with Crippen LogP contribution >= 0.6 is 11.6 Å². The number of piperazine rings is 1. The zero-order valence-corrected chi connectivity index (χ0v) is 19.3. The molecule has 2 aliphatic rings. The van der Waals surface area contributed by atoms with Crippen molar-refractivity contribution in [1.82, 2.24) is 14.7 Å². The second-order valence-corrected chi connectivity index (χ2v) is 9.12. The number of carbonyl (C=O) groups is 1. The average molecular weight is 482 g/mol. The van der Waals surface area contributed by atoms with Crippen LogP contribution in [0.25, 0.3) is 0 Å². The highest BCUT2D eigenvalue weighted by Crippen LogP contribution is 2.32. The molecule has 0 aliphatic carbocycles. The zero-order chi connectivity index (χ0) is 23.6. The predicted octanol–water partition coefficient (Wildman–Crippen LogP) is 4.57. The number of amides is 1. The van der Waals surface area contributed by atoms with Gasteiger partial charge in [-0.3, -0.25) is 4.79 Å². The number of aryl methyl sites for hydroxylation is 1. The number of rotatable bonds is 7. The van der Waals surface area contributed by atoms with E-state index < -0.39 is 6.36 Å². The summed E-state index contributed by atoms with van der Waals surface area (Å²) in [5.41, 5.74) is 3.26. The maximum atomic E-state index is 12.9. The van der Waals surface area contributed by atoms with Crippen LogP contribution in [0.2, 0.25) is 5.02 Å². The average Bonchev–Trinajstić information content (AvgIpc) is 3.05. The van der Waals surface area contributed by atoms with Crippen molar-refractivity contribution in [3.8, 4) is 5.75 Å². The molecule has 9 heteroatoms. The third kappa shape index (κ3) is 6.19. The number of halogens is 4. The molecule has 33 heavy (non-hydrogen) atoms. The van der Waals surface area contributed by atoms with Crippen LogP contribution in [-0.4, -0.2) is 66.7 Å². The van der Waals surface area contributed by atoms with Gasteiger partial charge in [-0.05, 0) is 61.3 Å². The van der Waals surface area contributed by atoms with Crippen molar-refractivity contribution >= 4 is 17.5 Å². The third-order valence-electron chi connectivity index (χ3n) is 6.16. The van der Waals surface area contributed by atoms with Gasteiger partial charge < -0.3 is 19.4 Å². The lowest BCUT2D eigenvalue weighted by atomic mass is 10.0. The molecule has 0 bridgehead atoms. The molecule has 2 aliphatic heterocycles. The lowest BCUT2D eigenvalue weighted by molar-refractivity contribution is -0.274. The molecule has 0 saturated carbocycles. The van der Waals surface area contributed by atoms with Crippen molar-refractivity contribution in [2.75, 3.05) is 39.8 Å². The molecule has 2 aromatic carbocycles. The maximum Gasteiger partial charge on any atom is 0.573 e. The van der Waals surface area contributed by atoms with Gasteiger partial charge in [-0.1, -0.05) is 29.8 Å². The lowest BCUT2D eigenvalue weighted by Crippen LogP contribution is -2.44. The first-order valence-electron chi connectivity index (χ1n) is 11.0. The first kappa shape index (κ1) is 23.9. The molecule has 2 aromatic rings. The predicted molar refractivity (Wildman–Crippen MR) is 120 cm³/mol. The number of hydrogen-bond donors (Lipinski definition) is 0. The number of nitrogens with zero attached hydrogens (tertiary/aromatic N) is 3. The molecule has 1 amide bonds. The van der Waals surface area contributed by atoms with Crippen LogP contribution in [0.5, 0.6) is 5.75 Å². The van der Waals surface area contributed by atoms with Crippen molar-refractivity contribution in [3.05, 3.63) is 63.7 Å². The molecular formula is C24H27ClF3N3O2. The van der Waals surface area contributed by atoms with Gasteiger partial charge in [-0.15, -0.1) is 13.2 Å². The van der Waals surface area contributed by atoms with Crippen molar-refractivity contribution < 1.29 is 22.7 Å². The van der Waals surface area contributed by atoms with E-state index in [1.165, 1.54) is 24.3 Å². The molecule has 178 valence electrons. The third-order valence-corrected chi connectivity index (χ3v) is 6.46. The highest BCUT2D eigenvalue weighted by atomic mass is 35.5. The van der Waals surface area contributed by atoms with E-state index in [9.17, 15) is 18.0 Å². The minimum absolute atomic E-state index is 0.158. The van der Waals surface area contributed by atoms with E-state index in [0.29, 0.717) is 22.7 Å². The Balaban J connectivity index is 1.35. The summed E-state index contributed by atoms with van der Waals surface area (Å²) < 4.78 is 40.9. The second-order valence-electron chi connectivity index (χ2n) is 8.71. The van der Waals surface area contributed by atoms with Gasteiger partial charge in [-0.25, -0.2) is 0 Å². The van der Waals surface area contributed by atoms with E-state index >= 15 is 0 Å². The standard InChI is InChI=1S/C24H27ClF3N3O2/c1-29-9-11-30(12-10-29)8-2-3-18-13-19-16-31(23(32)22(19)21(25)14-18)15-17-4-6-20(7-5-17)33-24(26,27)28/h4-7,13-14H,2-3,8-12,15-16H2,1H3. The van der Waals surface area contributed by atoms with Crippen molar-refractivity contribution in [2.45, 2.75) is 32.3 Å². The summed E-state index contributed by atoms with van der Waals surface area (Å²) in [6, 6.07) is 9.51. The Kier molecular flexibility index (Phi) is 7.16. The van der Waals surface area contributed by atoms with Crippen LogP contribution in [0.4, 0.5) is 13.2 Å².